The molecule has 0 saturated heterocycles. The lowest BCUT2D eigenvalue weighted by Crippen LogP contribution is -2.25. The number of hydrogen-bond donors (Lipinski definition) is 2. The van der Waals surface area contributed by atoms with Crippen LogP contribution in [-0.2, 0) is 16.1 Å². The quantitative estimate of drug-likeness (QED) is 0.805. The number of amides is 1. The normalized spacial score (nSPS) is 10.0. The van der Waals surface area contributed by atoms with Crippen LogP contribution in [0.15, 0.2) is 48.5 Å². The van der Waals surface area contributed by atoms with Crippen LogP contribution in [0.25, 0.3) is 0 Å². The summed E-state index contributed by atoms with van der Waals surface area (Å²) < 4.78 is 18.7. The number of carbonyl (C=O) groups excluding carboxylic acids is 1. The highest BCUT2D eigenvalue weighted by Gasteiger charge is 2.09. The summed E-state index contributed by atoms with van der Waals surface area (Å²) in [4.78, 5) is 21.8. The fraction of sp³-hybridized carbons (Fsp3) is 0.125. The van der Waals surface area contributed by atoms with E-state index in [0.717, 1.165) is 0 Å². The zero-order valence-electron chi connectivity index (χ0n) is 11.6. The smallest absolute Gasteiger partial charge is 0.312 e. The fourth-order valence-corrected chi connectivity index (χ4v) is 1.80. The van der Waals surface area contributed by atoms with Crippen molar-refractivity contribution >= 4 is 11.9 Å². The van der Waals surface area contributed by atoms with Crippen LogP contribution in [0.5, 0.6) is 11.5 Å². The van der Waals surface area contributed by atoms with Crippen molar-refractivity contribution in [2.24, 2.45) is 0 Å². The second kappa shape index (κ2) is 7.21. The molecular formula is C16H14FNO4. The number of carboxylic acids is 1. The van der Waals surface area contributed by atoms with Crippen LogP contribution in [0.1, 0.15) is 12.0 Å². The van der Waals surface area contributed by atoms with Gasteiger partial charge in [-0.15, -0.1) is 0 Å². The zero-order valence-corrected chi connectivity index (χ0v) is 11.6. The van der Waals surface area contributed by atoms with Gasteiger partial charge in [-0.1, -0.05) is 24.3 Å². The minimum absolute atomic E-state index is 0.123. The highest BCUT2D eigenvalue weighted by molar-refractivity contribution is 5.93. The van der Waals surface area contributed by atoms with Crippen molar-refractivity contribution in [3.8, 4) is 11.5 Å². The van der Waals surface area contributed by atoms with Gasteiger partial charge in [-0.05, 0) is 18.2 Å². The highest BCUT2D eigenvalue weighted by atomic mass is 19.1. The van der Waals surface area contributed by atoms with E-state index >= 15 is 0 Å². The Morgan fingerprint density at radius 1 is 1.14 bits per heavy atom. The Labute approximate surface area is 126 Å². The predicted octanol–water partition coefficient (Wildman–Crippen LogP) is 2.71. The molecule has 0 aliphatic carbocycles. The third-order valence-corrected chi connectivity index (χ3v) is 2.78. The summed E-state index contributed by atoms with van der Waals surface area (Å²) in [7, 11) is 0. The van der Waals surface area contributed by atoms with Gasteiger partial charge in [0.05, 0.1) is 0 Å². The Kier molecular flexibility index (Phi) is 5.08. The van der Waals surface area contributed by atoms with Crippen LogP contribution in [0.2, 0.25) is 0 Å². The summed E-state index contributed by atoms with van der Waals surface area (Å²) in [6.45, 7) is 0.123. The van der Waals surface area contributed by atoms with Gasteiger partial charge < -0.3 is 15.2 Å². The van der Waals surface area contributed by atoms with Crippen LogP contribution < -0.4 is 10.1 Å². The maximum Gasteiger partial charge on any atom is 0.312 e. The van der Waals surface area contributed by atoms with Crippen molar-refractivity contribution in [1.82, 2.24) is 5.32 Å². The molecule has 114 valence electrons. The maximum absolute atomic E-state index is 13.2. The van der Waals surface area contributed by atoms with E-state index in [9.17, 15) is 14.0 Å². The van der Waals surface area contributed by atoms with E-state index in [-0.39, 0.29) is 6.54 Å². The van der Waals surface area contributed by atoms with Crippen molar-refractivity contribution in [1.29, 1.82) is 0 Å². The maximum atomic E-state index is 13.2. The van der Waals surface area contributed by atoms with Crippen LogP contribution in [0.4, 0.5) is 4.39 Å². The standard InChI is InChI=1S/C16H14FNO4/c17-12-5-3-6-13(8-12)22-14-7-2-1-4-11(14)10-18-15(19)9-16(20)21/h1-8H,9-10H2,(H,18,19)(H,20,21). The van der Waals surface area contributed by atoms with Crippen LogP contribution in [0, 0.1) is 5.82 Å². The Balaban J connectivity index is 2.06. The first-order valence-corrected chi connectivity index (χ1v) is 6.54. The molecule has 1 amide bonds. The van der Waals surface area contributed by atoms with Gasteiger partial charge in [-0.2, -0.15) is 0 Å². The SMILES string of the molecule is O=C(O)CC(=O)NCc1ccccc1Oc1cccc(F)c1. The minimum Gasteiger partial charge on any atom is -0.481 e. The molecule has 5 nitrogen and oxygen atoms in total. The molecule has 0 fully saturated rings. The lowest BCUT2D eigenvalue weighted by atomic mass is 10.2. The second-order valence-electron chi connectivity index (χ2n) is 4.51. The molecule has 0 radical (unpaired) electrons. The van der Waals surface area contributed by atoms with Gasteiger partial charge in [0.25, 0.3) is 0 Å². The van der Waals surface area contributed by atoms with Crippen molar-refractivity contribution in [3.05, 3.63) is 59.9 Å². The predicted molar refractivity (Wildman–Crippen MR) is 77.0 cm³/mol. The van der Waals surface area contributed by atoms with Crippen LogP contribution in [0.3, 0.4) is 0 Å². The Morgan fingerprint density at radius 3 is 2.64 bits per heavy atom. The monoisotopic (exact) mass is 303 g/mol. The third kappa shape index (κ3) is 4.59. The summed E-state index contributed by atoms with van der Waals surface area (Å²) in [5, 5.41) is 11.0. The van der Waals surface area contributed by atoms with Crippen molar-refractivity contribution in [2.45, 2.75) is 13.0 Å². The van der Waals surface area contributed by atoms with Gasteiger partial charge in [0.2, 0.25) is 5.91 Å². The Hall–Kier alpha value is -2.89. The van der Waals surface area contributed by atoms with Crippen molar-refractivity contribution in [3.63, 3.8) is 0 Å². The van der Waals surface area contributed by atoms with E-state index in [0.29, 0.717) is 17.1 Å². The first-order chi connectivity index (χ1) is 10.5. The highest BCUT2D eigenvalue weighted by Crippen LogP contribution is 2.25. The van der Waals surface area contributed by atoms with Crippen molar-refractivity contribution < 1.29 is 23.8 Å². The molecule has 0 bridgehead atoms. The van der Waals surface area contributed by atoms with E-state index in [1.165, 1.54) is 18.2 Å². The number of carbonyl (C=O) groups is 2. The molecule has 22 heavy (non-hydrogen) atoms. The second-order valence-corrected chi connectivity index (χ2v) is 4.51. The molecule has 2 N–H and O–H groups in total. The molecule has 2 aromatic rings. The average Bonchev–Trinajstić information content (AvgIpc) is 2.46. The number of aliphatic carboxylic acids is 1. The molecular weight excluding hydrogens is 289 g/mol. The molecule has 0 saturated carbocycles. The number of carboxylic acid groups (broad SMARTS) is 1. The van der Waals surface area contributed by atoms with E-state index in [2.05, 4.69) is 5.32 Å². The molecule has 0 unspecified atom stereocenters. The average molecular weight is 303 g/mol. The summed E-state index contributed by atoms with van der Waals surface area (Å²) in [5.41, 5.74) is 0.658. The summed E-state index contributed by atoms with van der Waals surface area (Å²) in [5.74, 6) is -1.40. The first kappa shape index (κ1) is 15.5. The molecule has 0 aromatic heterocycles. The van der Waals surface area contributed by atoms with Crippen molar-refractivity contribution in [2.75, 3.05) is 0 Å². The van der Waals surface area contributed by atoms with Gasteiger partial charge in [-0.3, -0.25) is 9.59 Å². The van der Waals surface area contributed by atoms with E-state index in [1.807, 2.05) is 0 Å². The summed E-state index contributed by atoms with van der Waals surface area (Å²) in [6.07, 6.45) is -0.590. The van der Waals surface area contributed by atoms with Gasteiger partial charge in [0.15, 0.2) is 0 Å². The number of nitrogens with one attached hydrogen (secondary N) is 1. The number of para-hydroxylation sites is 1. The zero-order chi connectivity index (χ0) is 15.9. The number of benzene rings is 2. The van der Waals surface area contributed by atoms with Gasteiger partial charge in [0.1, 0.15) is 23.7 Å². The first-order valence-electron chi connectivity index (χ1n) is 6.54. The van der Waals surface area contributed by atoms with Crippen LogP contribution >= 0.6 is 0 Å². The summed E-state index contributed by atoms with van der Waals surface area (Å²) in [6, 6.07) is 12.6. The van der Waals surface area contributed by atoms with Gasteiger partial charge in [0, 0.05) is 18.2 Å². The molecule has 0 aliphatic heterocycles. The fourth-order valence-electron chi connectivity index (χ4n) is 1.80. The number of rotatable bonds is 6. The molecule has 0 aliphatic rings. The Bertz CT molecular complexity index is 687. The third-order valence-electron chi connectivity index (χ3n) is 2.78. The van der Waals surface area contributed by atoms with E-state index < -0.39 is 24.1 Å². The van der Waals surface area contributed by atoms with E-state index in [1.54, 1.807) is 30.3 Å². The lowest BCUT2D eigenvalue weighted by molar-refractivity contribution is -0.140. The topological polar surface area (TPSA) is 75.6 Å². The number of hydrogen-bond acceptors (Lipinski definition) is 3. The molecule has 2 rings (SSSR count). The molecule has 6 heteroatoms. The molecule has 0 atom stereocenters. The number of ether oxygens (including phenoxy) is 1. The molecule has 0 heterocycles. The van der Waals surface area contributed by atoms with Gasteiger partial charge in [-0.25, -0.2) is 4.39 Å². The number of halogens is 1. The van der Waals surface area contributed by atoms with E-state index in [4.69, 9.17) is 9.84 Å². The lowest BCUT2D eigenvalue weighted by Gasteiger charge is -2.11. The van der Waals surface area contributed by atoms with Gasteiger partial charge >= 0.3 is 5.97 Å². The minimum atomic E-state index is -1.19. The Morgan fingerprint density at radius 2 is 1.91 bits per heavy atom. The summed E-state index contributed by atoms with van der Waals surface area (Å²) >= 11 is 0. The molecule has 2 aromatic carbocycles. The largest absolute Gasteiger partial charge is 0.481 e. The van der Waals surface area contributed by atoms with Crippen LogP contribution in [-0.4, -0.2) is 17.0 Å². The molecule has 0 spiro atoms.